The Labute approximate surface area is 125 Å². The van der Waals surface area contributed by atoms with Crippen molar-refractivity contribution in [3.8, 4) is 0 Å². The summed E-state index contributed by atoms with van der Waals surface area (Å²) in [6, 6.07) is 20.4. The number of rotatable bonds is 4. The highest BCUT2D eigenvalue weighted by Crippen LogP contribution is 2.27. The smallest absolute Gasteiger partial charge is 0.130 e. The van der Waals surface area contributed by atoms with Crippen LogP contribution in [0.2, 0.25) is 0 Å². The van der Waals surface area contributed by atoms with E-state index in [1.165, 1.54) is 11.1 Å². The second-order valence-electron chi connectivity index (χ2n) is 4.28. The predicted molar refractivity (Wildman–Crippen MR) is 84.1 cm³/mol. The van der Waals surface area contributed by atoms with Crippen molar-refractivity contribution in [2.24, 2.45) is 0 Å². The number of ketones is 1. The molecule has 21 heavy (non-hydrogen) atoms. The Morgan fingerprint density at radius 1 is 0.810 bits per heavy atom. The van der Waals surface area contributed by atoms with Gasteiger partial charge in [0.1, 0.15) is 5.78 Å². The number of carbonyl (C=O) groups excluding carboxylic acids is 1. The first-order valence-electron chi connectivity index (χ1n) is 6.62. The first kappa shape index (κ1) is 19.0. The fourth-order valence-electron chi connectivity index (χ4n) is 2.09. The molecule has 0 radical (unpaired) electrons. The summed E-state index contributed by atoms with van der Waals surface area (Å²) >= 11 is 0. The van der Waals surface area contributed by atoms with E-state index >= 15 is 0 Å². The molecule has 0 bridgehead atoms. The number of halogens is 2. The van der Waals surface area contributed by atoms with Crippen LogP contribution in [0.4, 0.5) is 8.78 Å². The third kappa shape index (κ3) is 6.80. The van der Waals surface area contributed by atoms with E-state index in [-0.39, 0.29) is 11.7 Å². The molecule has 0 heterocycles. The summed E-state index contributed by atoms with van der Waals surface area (Å²) in [6.45, 7) is 1.65. The normalized spacial score (nSPS) is 9.05. The summed E-state index contributed by atoms with van der Waals surface area (Å²) in [6.07, 6.45) is 0.564. The Kier molecular flexibility index (Phi) is 10.6. The van der Waals surface area contributed by atoms with Crippen molar-refractivity contribution in [1.29, 1.82) is 0 Å². The number of hydrogen-bond donors (Lipinski definition) is 0. The number of benzene rings is 2. The van der Waals surface area contributed by atoms with Crippen LogP contribution in [-0.2, 0) is 4.79 Å². The maximum atomic E-state index is 11.4. The number of hydrogen-bond acceptors (Lipinski definition) is 1. The lowest BCUT2D eigenvalue weighted by atomic mass is 9.87. The lowest BCUT2D eigenvalue weighted by molar-refractivity contribution is -0.117. The Balaban J connectivity index is 0.000000921. The number of carbonyl (C=O) groups is 1. The zero-order valence-corrected chi connectivity index (χ0v) is 12.7. The van der Waals surface area contributed by atoms with E-state index in [4.69, 9.17) is 0 Å². The minimum Gasteiger partial charge on any atom is -0.300 e. The molecular formula is C18H22F2O. The van der Waals surface area contributed by atoms with Gasteiger partial charge in [-0.25, -0.2) is 0 Å². The molecule has 2 rings (SSSR count). The van der Waals surface area contributed by atoms with Gasteiger partial charge < -0.3 is 0 Å². The molecule has 0 aliphatic rings. The van der Waals surface area contributed by atoms with E-state index in [1.54, 1.807) is 6.92 Å². The average molecular weight is 292 g/mol. The van der Waals surface area contributed by atoms with Crippen LogP contribution >= 0.6 is 0 Å². The van der Waals surface area contributed by atoms with E-state index in [0.717, 1.165) is 0 Å². The minimum absolute atomic E-state index is 0.176. The third-order valence-electron chi connectivity index (χ3n) is 2.90. The number of Topliss-reactive ketones (excluding diaryl/α,β-unsaturated/α-hetero) is 1. The van der Waals surface area contributed by atoms with Crippen LogP contribution in [0.5, 0.6) is 0 Å². The second-order valence-corrected chi connectivity index (χ2v) is 4.28. The van der Waals surface area contributed by atoms with E-state index in [2.05, 4.69) is 24.3 Å². The molecule has 114 valence electrons. The molecule has 0 aromatic heterocycles. The topological polar surface area (TPSA) is 17.1 Å². The first-order valence-corrected chi connectivity index (χ1v) is 6.62. The van der Waals surface area contributed by atoms with E-state index in [0.29, 0.717) is 20.8 Å². The highest BCUT2D eigenvalue weighted by molar-refractivity contribution is 5.77. The zero-order valence-electron chi connectivity index (χ0n) is 12.7. The highest BCUT2D eigenvalue weighted by Gasteiger charge is 2.15. The molecule has 0 aliphatic carbocycles. The quantitative estimate of drug-likeness (QED) is 0.777. The zero-order chi connectivity index (χ0) is 16.1. The van der Waals surface area contributed by atoms with Crippen LogP contribution in [0, 0.1) is 0 Å². The van der Waals surface area contributed by atoms with Gasteiger partial charge in [0.05, 0.1) is 14.4 Å². The van der Waals surface area contributed by atoms with Crippen molar-refractivity contribution in [3.63, 3.8) is 0 Å². The Hall–Kier alpha value is -2.03. The molecule has 0 N–H and O–H groups in total. The maximum Gasteiger partial charge on any atom is 0.130 e. The van der Waals surface area contributed by atoms with Crippen molar-refractivity contribution < 1.29 is 13.6 Å². The van der Waals surface area contributed by atoms with E-state index in [1.807, 2.05) is 36.4 Å². The van der Waals surface area contributed by atoms with Crippen LogP contribution in [0.3, 0.4) is 0 Å². The molecule has 0 spiro atoms. The Bertz CT molecular complexity index is 444. The molecule has 0 unspecified atom stereocenters. The van der Waals surface area contributed by atoms with Crippen molar-refractivity contribution in [2.75, 3.05) is 14.4 Å². The Morgan fingerprint density at radius 3 is 1.43 bits per heavy atom. The first-order chi connectivity index (χ1) is 10.3. The molecule has 0 fully saturated rings. The van der Waals surface area contributed by atoms with Gasteiger partial charge in [0.15, 0.2) is 0 Å². The van der Waals surface area contributed by atoms with Crippen LogP contribution in [0.15, 0.2) is 60.7 Å². The molecule has 0 saturated carbocycles. The van der Waals surface area contributed by atoms with Gasteiger partial charge in [-0.15, -0.1) is 0 Å². The van der Waals surface area contributed by atoms with E-state index < -0.39 is 0 Å². The third-order valence-corrected chi connectivity index (χ3v) is 2.90. The fourth-order valence-corrected chi connectivity index (χ4v) is 2.09. The van der Waals surface area contributed by atoms with Crippen molar-refractivity contribution in [1.82, 2.24) is 0 Å². The van der Waals surface area contributed by atoms with Crippen LogP contribution < -0.4 is 0 Å². The second kappa shape index (κ2) is 11.8. The summed E-state index contributed by atoms with van der Waals surface area (Å²) in [5.74, 6) is 0.401. The summed E-state index contributed by atoms with van der Waals surface area (Å²) in [5.41, 5.74) is 2.41. The molecule has 0 aliphatic heterocycles. The lowest BCUT2D eigenvalue weighted by Gasteiger charge is -2.16. The summed E-state index contributed by atoms with van der Waals surface area (Å²) in [7, 11) is 1.00. The maximum absolute atomic E-state index is 11.4. The van der Waals surface area contributed by atoms with Crippen LogP contribution in [0.1, 0.15) is 30.4 Å². The lowest BCUT2D eigenvalue weighted by Crippen LogP contribution is -2.05. The standard InChI is InChI=1S/C16H16O.2CH3F/c1-13(17)12-16(14-8-4-2-5-9-14)15-10-6-3-7-11-15;2*1-2/h2-11,16H,12H2,1H3;2*1H3. The molecule has 2 aromatic carbocycles. The predicted octanol–water partition coefficient (Wildman–Crippen LogP) is 4.97. The molecule has 3 heteroatoms. The summed E-state index contributed by atoms with van der Waals surface area (Å²) < 4.78 is 19.0. The monoisotopic (exact) mass is 292 g/mol. The molecule has 1 nitrogen and oxygen atoms in total. The van der Waals surface area contributed by atoms with Gasteiger partial charge in [0, 0.05) is 12.3 Å². The van der Waals surface area contributed by atoms with Gasteiger partial charge >= 0.3 is 0 Å². The summed E-state index contributed by atoms with van der Waals surface area (Å²) in [5, 5.41) is 0. The van der Waals surface area contributed by atoms with Gasteiger partial charge in [-0.1, -0.05) is 60.7 Å². The molecule has 0 atom stereocenters. The average Bonchev–Trinajstić information content (AvgIpc) is 2.58. The fraction of sp³-hybridized carbons (Fsp3) is 0.278. The highest BCUT2D eigenvalue weighted by atomic mass is 19.1. The molecular weight excluding hydrogens is 270 g/mol. The van der Waals surface area contributed by atoms with Gasteiger partial charge in [0.2, 0.25) is 0 Å². The minimum atomic E-state index is 0.176. The Morgan fingerprint density at radius 2 is 1.14 bits per heavy atom. The van der Waals surface area contributed by atoms with Crippen LogP contribution in [-0.4, -0.2) is 20.1 Å². The van der Waals surface area contributed by atoms with Gasteiger partial charge in [-0.05, 0) is 18.1 Å². The van der Waals surface area contributed by atoms with Crippen molar-refractivity contribution in [2.45, 2.75) is 19.3 Å². The van der Waals surface area contributed by atoms with Gasteiger partial charge in [0.25, 0.3) is 0 Å². The largest absolute Gasteiger partial charge is 0.300 e. The van der Waals surface area contributed by atoms with E-state index in [9.17, 15) is 13.6 Å². The molecule has 0 saturated heterocycles. The van der Waals surface area contributed by atoms with Crippen molar-refractivity contribution >= 4 is 5.78 Å². The van der Waals surface area contributed by atoms with Gasteiger partial charge in [-0.2, -0.15) is 0 Å². The SMILES string of the molecule is CC(=O)CC(c1ccccc1)c1ccccc1.CF.CF. The van der Waals surface area contributed by atoms with Crippen LogP contribution in [0.25, 0.3) is 0 Å². The van der Waals surface area contributed by atoms with Crippen molar-refractivity contribution in [3.05, 3.63) is 71.8 Å². The number of alkyl halides is 2. The molecule has 0 amide bonds. The summed E-state index contributed by atoms with van der Waals surface area (Å²) in [4.78, 5) is 11.4. The molecule has 2 aromatic rings. The van der Waals surface area contributed by atoms with Gasteiger partial charge in [-0.3, -0.25) is 13.6 Å².